The zero-order chi connectivity index (χ0) is 40.4. The van der Waals surface area contributed by atoms with Crippen LogP contribution in [0.15, 0.2) is 152 Å². The number of fused-ring (bicyclic) bond motifs is 12. The van der Waals surface area contributed by atoms with Crippen LogP contribution < -0.4 is 0 Å². The first-order valence-corrected chi connectivity index (χ1v) is 20.8. The van der Waals surface area contributed by atoms with E-state index in [1.165, 1.54) is 15.5 Å². The molecule has 8 aromatic carbocycles. The Bertz CT molecular complexity index is 3710. The van der Waals surface area contributed by atoms with Crippen LogP contribution in [0.2, 0.25) is 0 Å². The number of nitriles is 2. The highest BCUT2D eigenvalue weighted by Gasteiger charge is 2.32. The molecule has 0 amide bonds. The van der Waals surface area contributed by atoms with E-state index in [2.05, 4.69) is 81.9 Å². The van der Waals surface area contributed by atoms with Crippen molar-refractivity contribution in [2.24, 2.45) is 0 Å². The Kier molecular flexibility index (Phi) is 7.23. The quantitative estimate of drug-likeness (QED) is 0.178. The van der Waals surface area contributed by atoms with E-state index in [0.717, 1.165) is 86.7 Å². The molecular weight excluding hydrogens is 790 g/mol. The number of halogens is 3. The van der Waals surface area contributed by atoms with Gasteiger partial charge in [0, 0.05) is 61.9 Å². The molecule has 0 saturated heterocycles. The van der Waals surface area contributed by atoms with Crippen molar-refractivity contribution in [3.8, 4) is 34.6 Å². The summed E-state index contributed by atoms with van der Waals surface area (Å²) in [4.78, 5) is 0. The second-order valence-corrected chi connectivity index (χ2v) is 17.2. The predicted molar refractivity (Wildman–Crippen MR) is 241 cm³/mol. The summed E-state index contributed by atoms with van der Waals surface area (Å²) >= 11 is 3.47. The zero-order valence-corrected chi connectivity index (χ0v) is 32.8. The number of rotatable bonds is 3. The second kappa shape index (κ2) is 12.5. The Labute approximate surface area is 347 Å². The maximum absolute atomic E-state index is 14.0. The van der Waals surface area contributed by atoms with Gasteiger partial charge in [-0.1, -0.05) is 78.9 Å². The van der Waals surface area contributed by atoms with Gasteiger partial charge in [0.25, 0.3) is 0 Å². The maximum atomic E-state index is 14.0. The van der Waals surface area contributed by atoms with Crippen LogP contribution in [0.25, 0.3) is 106 Å². The van der Waals surface area contributed by atoms with Crippen molar-refractivity contribution >= 4 is 107 Å². The molecule has 0 aliphatic heterocycles. The number of alkyl halides is 3. The standard InChI is InChI=1S/C51H25F3N4S2/c52-51(53,54)30-17-18-31(29(19-30)26-55)28-20-43(57-41-13-5-1-9-32(41)36-24-49-38(22-45(36)57)34-11-3-7-15-47(34)59-49)40(27-56)44(21-28)58-42-14-6-2-10-33(42)37-25-50-39(23-46(37)58)35-12-4-8-16-48(35)60-50/h1-25H. The molecule has 0 aliphatic rings. The minimum Gasteiger partial charge on any atom is -0.308 e. The summed E-state index contributed by atoms with van der Waals surface area (Å²) in [7, 11) is 0. The van der Waals surface area contributed by atoms with E-state index in [4.69, 9.17) is 0 Å². The molecule has 0 saturated carbocycles. The van der Waals surface area contributed by atoms with Gasteiger partial charge in [-0.05, 0) is 83.9 Å². The highest BCUT2D eigenvalue weighted by Crippen LogP contribution is 2.45. The number of nitrogens with zero attached hydrogens (tertiary/aromatic N) is 4. The van der Waals surface area contributed by atoms with Crippen LogP contribution in [-0.2, 0) is 6.18 Å². The van der Waals surface area contributed by atoms with Crippen molar-refractivity contribution < 1.29 is 13.2 Å². The lowest BCUT2D eigenvalue weighted by molar-refractivity contribution is -0.137. The van der Waals surface area contributed by atoms with Crippen molar-refractivity contribution in [2.45, 2.75) is 6.18 Å². The van der Waals surface area contributed by atoms with E-state index in [1.54, 1.807) is 22.7 Å². The molecule has 4 aromatic heterocycles. The van der Waals surface area contributed by atoms with Gasteiger partial charge in [-0.2, -0.15) is 23.7 Å². The summed E-state index contributed by atoms with van der Waals surface area (Å²) in [5.41, 5.74) is 4.79. The zero-order valence-electron chi connectivity index (χ0n) is 31.2. The molecule has 12 aromatic rings. The van der Waals surface area contributed by atoms with E-state index in [9.17, 15) is 23.7 Å². The number of hydrogen-bond donors (Lipinski definition) is 0. The van der Waals surface area contributed by atoms with Gasteiger partial charge in [-0.3, -0.25) is 0 Å². The minimum absolute atomic E-state index is 0.117. The van der Waals surface area contributed by atoms with Gasteiger partial charge in [0.1, 0.15) is 11.6 Å². The Morgan fingerprint density at radius 3 is 1.40 bits per heavy atom. The molecule has 0 atom stereocenters. The molecule has 0 aliphatic carbocycles. The Morgan fingerprint density at radius 1 is 0.433 bits per heavy atom. The molecule has 0 spiro atoms. The van der Waals surface area contributed by atoms with Crippen molar-refractivity contribution in [3.05, 3.63) is 168 Å². The van der Waals surface area contributed by atoms with Crippen LogP contribution >= 0.6 is 22.7 Å². The SMILES string of the molecule is N#Cc1cc(C(F)(F)F)ccc1-c1cc(-n2c3ccccc3c3cc4sc5ccccc5c4cc32)c(C#N)c(-n2c3ccccc3c3cc4sc5ccccc5c4cc32)c1. The van der Waals surface area contributed by atoms with Gasteiger partial charge in [0.2, 0.25) is 0 Å². The van der Waals surface area contributed by atoms with Crippen LogP contribution in [0.1, 0.15) is 16.7 Å². The minimum atomic E-state index is -4.63. The molecule has 9 heteroatoms. The van der Waals surface area contributed by atoms with Gasteiger partial charge >= 0.3 is 6.18 Å². The Balaban J connectivity index is 1.25. The van der Waals surface area contributed by atoms with Crippen LogP contribution in [0.3, 0.4) is 0 Å². The first-order chi connectivity index (χ1) is 29.3. The summed E-state index contributed by atoms with van der Waals surface area (Å²) in [6.45, 7) is 0. The second-order valence-electron chi connectivity index (χ2n) is 15.0. The third-order valence-electron chi connectivity index (χ3n) is 11.8. The lowest BCUT2D eigenvalue weighted by Crippen LogP contribution is -2.07. The summed E-state index contributed by atoms with van der Waals surface area (Å²) in [5, 5.41) is 30.3. The third-order valence-corrected chi connectivity index (χ3v) is 14.1. The average molecular weight is 815 g/mol. The molecule has 60 heavy (non-hydrogen) atoms. The molecule has 0 unspecified atom stereocenters. The summed E-state index contributed by atoms with van der Waals surface area (Å²) < 4.78 is 51.0. The first kappa shape index (κ1) is 34.6. The fourth-order valence-corrected chi connectivity index (χ4v) is 11.4. The van der Waals surface area contributed by atoms with Crippen molar-refractivity contribution in [3.63, 3.8) is 0 Å². The highest BCUT2D eigenvalue weighted by molar-refractivity contribution is 7.26. The van der Waals surface area contributed by atoms with E-state index < -0.39 is 11.7 Å². The van der Waals surface area contributed by atoms with Crippen molar-refractivity contribution in [2.75, 3.05) is 0 Å². The Morgan fingerprint density at radius 2 is 0.917 bits per heavy atom. The van der Waals surface area contributed by atoms with Gasteiger partial charge in [0.15, 0.2) is 0 Å². The molecule has 282 valence electrons. The average Bonchev–Trinajstić information content (AvgIpc) is 4.01. The molecule has 0 radical (unpaired) electrons. The van der Waals surface area contributed by atoms with Crippen LogP contribution in [0.4, 0.5) is 13.2 Å². The molecular formula is C51H25F3N4S2. The normalized spacial score (nSPS) is 12.2. The van der Waals surface area contributed by atoms with E-state index in [-0.39, 0.29) is 5.56 Å². The number of para-hydroxylation sites is 2. The molecule has 0 fully saturated rings. The number of hydrogen-bond acceptors (Lipinski definition) is 4. The first-order valence-electron chi connectivity index (χ1n) is 19.2. The maximum Gasteiger partial charge on any atom is 0.416 e. The fourth-order valence-electron chi connectivity index (χ4n) is 9.19. The fraction of sp³-hybridized carbons (Fsp3) is 0.0196. The number of benzene rings is 8. The molecule has 12 rings (SSSR count). The lowest BCUT2D eigenvalue weighted by atomic mass is 9.95. The van der Waals surface area contributed by atoms with E-state index in [1.807, 2.05) is 72.8 Å². The smallest absolute Gasteiger partial charge is 0.308 e. The summed E-state index contributed by atoms with van der Waals surface area (Å²) in [6.07, 6.45) is -4.63. The van der Waals surface area contributed by atoms with Crippen molar-refractivity contribution in [1.82, 2.24) is 9.13 Å². The number of thiophene rings is 2. The molecule has 0 bridgehead atoms. The van der Waals surface area contributed by atoms with Crippen molar-refractivity contribution in [1.29, 1.82) is 10.5 Å². The summed E-state index contributed by atoms with van der Waals surface area (Å²) in [5.74, 6) is 0. The van der Waals surface area contributed by atoms with Gasteiger partial charge in [-0.15, -0.1) is 22.7 Å². The molecule has 0 N–H and O–H groups in total. The lowest BCUT2D eigenvalue weighted by Gasteiger charge is -2.19. The number of aromatic nitrogens is 2. The van der Waals surface area contributed by atoms with Gasteiger partial charge in [0.05, 0.1) is 50.6 Å². The largest absolute Gasteiger partial charge is 0.416 e. The van der Waals surface area contributed by atoms with Crippen LogP contribution in [0.5, 0.6) is 0 Å². The topological polar surface area (TPSA) is 57.4 Å². The highest BCUT2D eigenvalue weighted by atomic mass is 32.1. The van der Waals surface area contributed by atoms with E-state index >= 15 is 0 Å². The van der Waals surface area contributed by atoms with Crippen LogP contribution in [-0.4, -0.2) is 9.13 Å². The monoisotopic (exact) mass is 814 g/mol. The van der Waals surface area contributed by atoms with Crippen LogP contribution in [0, 0.1) is 22.7 Å². The van der Waals surface area contributed by atoms with E-state index in [0.29, 0.717) is 28.1 Å². The van der Waals surface area contributed by atoms with Gasteiger partial charge < -0.3 is 9.13 Å². The summed E-state index contributed by atoms with van der Waals surface area (Å²) in [6, 6.07) is 53.3. The molecule has 4 nitrogen and oxygen atoms in total. The Hall–Kier alpha value is -7.43. The third kappa shape index (κ3) is 4.88. The predicted octanol–water partition coefficient (Wildman–Crippen LogP) is 15.0. The van der Waals surface area contributed by atoms with Gasteiger partial charge in [-0.25, -0.2) is 0 Å². The molecule has 4 heterocycles.